The SMILES string of the molecule is O=C([O-])CCCCCCCCCCCCCCCCCc1ccccc1.O=C([O-])CCCCCCCCCCCCCCCCCc1ccccc1.[Ba+2]. The van der Waals surface area contributed by atoms with Gasteiger partial charge in [-0.15, -0.1) is 0 Å². The summed E-state index contributed by atoms with van der Waals surface area (Å²) in [4.78, 5) is 20.6. The van der Waals surface area contributed by atoms with E-state index in [2.05, 4.69) is 60.7 Å². The Balaban J connectivity index is 0.00000100. The largest absolute Gasteiger partial charge is 2.00 e. The minimum Gasteiger partial charge on any atom is -0.550 e. The van der Waals surface area contributed by atoms with Crippen LogP contribution in [-0.2, 0) is 22.4 Å². The Morgan fingerprint density at radius 2 is 0.491 bits per heavy atom. The normalized spacial score (nSPS) is 10.7. The molecule has 0 unspecified atom stereocenters. The summed E-state index contributed by atoms with van der Waals surface area (Å²) in [6.07, 6.45) is 41.7. The van der Waals surface area contributed by atoms with Gasteiger partial charge in [0.2, 0.25) is 0 Å². The van der Waals surface area contributed by atoms with Crippen molar-refractivity contribution in [3.8, 4) is 0 Å². The van der Waals surface area contributed by atoms with Crippen LogP contribution >= 0.6 is 0 Å². The van der Waals surface area contributed by atoms with Gasteiger partial charge in [0.1, 0.15) is 0 Å². The van der Waals surface area contributed by atoms with E-state index in [4.69, 9.17) is 0 Å². The first kappa shape index (κ1) is 52.0. The van der Waals surface area contributed by atoms with E-state index in [1.165, 1.54) is 191 Å². The smallest absolute Gasteiger partial charge is 0.550 e. The summed E-state index contributed by atoms with van der Waals surface area (Å²) in [5.74, 6) is -1.81. The van der Waals surface area contributed by atoms with E-state index in [0.717, 1.165) is 25.7 Å². The van der Waals surface area contributed by atoms with Crippen LogP contribution in [0.2, 0.25) is 0 Å². The molecule has 0 atom stereocenters. The van der Waals surface area contributed by atoms with Crippen molar-refractivity contribution >= 4 is 60.8 Å². The number of carboxylic acid groups (broad SMARTS) is 2. The number of aliphatic carboxylic acids is 2. The van der Waals surface area contributed by atoms with E-state index in [1.54, 1.807) is 0 Å². The molecule has 0 aliphatic carbocycles. The third kappa shape index (κ3) is 40.4. The van der Waals surface area contributed by atoms with Crippen molar-refractivity contribution in [2.45, 2.75) is 218 Å². The van der Waals surface area contributed by atoms with Gasteiger partial charge in [-0.1, -0.05) is 228 Å². The van der Waals surface area contributed by atoms with Crippen LogP contribution in [0.5, 0.6) is 0 Å². The Labute approximate surface area is 367 Å². The summed E-state index contributed by atoms with van der Waals surface area (Å²) in [6, 6.07) is 21.7. The zero-order valence-electron chi connectivity index (χ0n) is 34.2. The molecule has 2 aromatic rings. The second kappa shape index (κ2) is 42.1. The number of aryl methyl sites for hydroxylation is 2. The number of hydrogen-bond donors (Lipinski definition) is 0. The van der Waals surface area contributed by atoms with Crippen molar-refractivity contribution in [2.24, 2.45) is 0 Å². The molecular weight excluding hydrogens is 778 g/mol. The maximum Gasteiger partial charge on any atom is 2.00 e. The van der Waals surface area contributed by atoms with Gasteiger partial charge in [0, 0.05) is 11.9 Å². The minimum atomic E-state index is -0.905. The summed E-state index contributed by atoms with van der Waals surface area (Å²) in [7, 11) is 0. The summed E-state index contributed by atoms with van der Waals surface area (Å²) in [5, 5.41) is 20.6. The second-order valence-corrected chi connectivity index (χ2v) is 15.3. The van der Waals surface area contributed by atoms with E-state index in [-0.39, 0.29) is 61.7 Å². The van der Waals surface area contributed by atoms with E-state index in [0.29, 0.717) is 0 Å². The predicted molar refractivity (Wildman–Crippen MR) is 224 cm³/mol. The average Bonchev–Trinajstić information content (AvgIpc) is 3.15. The van der Waals surface area contributed by atoms with Gasteiger partial charge in [-0.3, -0.25) is 0 Å². The molecule has 2 rings (SSSR count). The second-order valence-electron chi connectivity index (χ2n) is 15.3. The Morgan fingerprint density at radius 1 is 0.302 bits per heavy atom. The third-order valence-corrected chi connectivity index (χ3v) is 10.4. The first-order chi connectivity index (χ1) is 25.6. The molecule has 5 heteroatoms. The first-order valence-electron chi connectivity index (χ1n) is 22.1. The number of hydrogen-bond acceptors (Lipinski definition) is 4. The van der Waals surface area contributed by atoms with Crippen molar-refractivity contribution in [3.05, 3.63) is 71.8 Å². The number of benzene rings is 2. The molecule has 53 heavy (non-hydrogen) atoms. The number of carboxylic acids is 2. The van der Waals surface area contributed by atoms with Crippen molar-refractivity contribution in [1.82, 2.24) is 0 Å². The Bertz CT molecular complexity index is 945. The maximum absolute atomic E-state index is 10.3. The topological polar surface area (TPSA) is 80.3 Å². The molecule has 0 saturated carbocycles. The standard InChI is InChI=1S/2C24H40O2.Ba/c2*25-24(26)22-18-13-11-9-7-5-3-1-2-4-6-8-10-12-15-19-23-20-16-14-17-21-23;/h2*14,16-17,20-21H,1-13,15,18-19,22H2,(H,25,26);/q;;+2/p-2. The monoisotopic (exact) mass is 856 g/mol. The van der Waals surface area contributed by atoms with Gasteiger partial charge in [0.05, 0.1) is 0 Å². The molecule has 0 amide bonds. The van der Waals surface area contributed by atoms with Crippen LogP contribution in [0, 0.1) is 0 Å². The van der Waals surface area contributed by atoms with E-state index in [1.807, 2.05) is 0 Å². The molecular formula is C48H78BaO4. The Morgan fingerprint density at radius 3 is 0.698 bits per heavy atom. The van der Waals surface area contributed by atoms with Crippen LogP contribution in [0.25, 0.3) is 0 Å². The molecule has 0 radical (unpaired) electrons. The van der Waals surface area contributed by atoms with Crippen LogP contribution in [0.4, 0.5) is 0 Å². The summed E-state index contributed by atoms with van der Waals surface area (Å²) < 4.78 is 0. The van der Waals surface area contributed by atoms with Crippen molar-refractivity contribution < 1.29 is 19.8 Å². The van der Waals surface area contributed by atoms with E-state index < -0.39 is 11.9 Å². The zero-order chi connectivity index (χ0) is 37.4. The molecule has 0 bridgehead atoms. The van der Waals surface area contributed by atoms with Gasteiger partial charge < -0.3 is 19.8 Å². The van der Waals surface area contributed by atoms with Crippen LogP contribution in [0.1, 0.15) is 217 Å². The molecule has 296 valence electrons. The van der Waals surface area contributed by atoms with Gasteiger partial charge in [0.25, 0.3) is 0 Å². The number of carbonyl (C=O) groups is 2. The van der Waals surface area contributed by atoms with E-state index >= 15 is 0 Å². The number of unbranched alkanes of at least 4 members (excludes halogenated alkanes) is 28. The fourth-order valence-corrected chi connectivity index (χ4v) is 7.08. The molecule has 0 fully saturated rings. The number of carbonyl (C=O) groups excluding carboxylic acids is 2. The molecule has 4 nitrogen and oxygen atoms in total. The fourth-order valence-electron chi connectivity index (χ4n) is 7.08. The van der Waals surface area contributed by atoms with E-state index in [9.17, 15) is 19.8 Å². The Kier molecular flexibility index (Phi) is 41.3. The number of rotatable bonds is 36. The molecule has 0 aliphatic rings. The van der Waals surface area contributed by atoms with Crippen molar-refractivity contribution in [1.29, 1.82) is 0 Å². The molecule has 0 heterocycles. The van der Waals surface area contributed by atoms with Crippen LogP contribution in [0.15, 0.2) is 60.7 Å². The minimum absolute atomic E-state index is 0. The molecule has 0 aromatic heterocycles. The van der Waals surface area contributed by atoms with Crippen LogP contribution in [0.3, 0.4) is 0 Å². The zero-order valence-corrected chi connectivity index (χ0v) is 38.6. The summed E-state index contributed by atoms with van der Waals surface area (Å²) in [5.41, 5.74) is 2.95. The first-order valence-corrected chi connectivity index (χ1v) is 22.1. The van der Waals surface area contributed by atoms with Crippen molar-refractivity contribution in [3.63, 3.8) is 0 Å². The maximum atomic E-state index is 10.3. The summed E-state index contributed by atoms with van der Waals surface area (Å²) >= 11 is 0. The molecule has 2 aromatic carbocycles. The Hall–Kier alpha value is -1.05. The van der Waals surface area contributed by atoms with Gasteiger partial charge in [0.15, 0.2) is 0 Å². The van der Waals surface area contributed by atoms with Gasteiger partial charge in [-0.2, -0.15) is 0 Å². The summed E-state index contributed by atoms with van der Waals surface area (Å²) in [6.45, 7) is 0. The third-order valence-electron chi connectivity index (χ3n) is 10.4. The van der Waals surface area contributed by atoms with Gasteiger partial charge in [-0.05, 0) is 62.5 Å². The molecule has 0 spiro atoms. The van der Waals surface area contributed by atoms with Crippen LogP contribution < -0.4 is 10.2 Å². The average molecular weight is 856 g/mol. The fraction of sp³-hybridized carbons (Fsp3) is 0.708. The van der Waals surface area contributed by atoms with Crippen LogP contribution in [-0.4, -0.2) is 60.8 Å². The van der Waals surface area contributed by atoms with Gasteiger partial charge in [-0.25, -0.2) is 0 Å². The predicted octanol–water partition coefficient (Wildman–Crippen LogP) is 12.1. The molecule has 0 saturated heterocycles. The molecule has 0 aliphatic heterocycles. The quantitative estimate of drug-likeness (QED) is 0.0505. The van der Waals surface area contributed by atoms with Crippen molar-refractivity contribution in [2.75, 3.05) is 0 Å². The van der Waals surface area contributed by atoms with Gasteiger partial charge >= 0.3 is 48.9 Å². The molecule has 0 N–H and O–H groups in total.